The molecule has 100 valence electrons. The third-order valence-electron chi connectivity index (χ3n) is 3.15. The Hall–Kier alpha value is -2.44. The molecule has 2 N–H and O–H groups in total. The van der Waals surface area contributed by atoms with Gasteiger partial charge in [-0.15, -0.1) is 0 Å². The normalized spacial score (nSPS) is 22.5. The topological polar surface area (TPSA) is 108 Å². The monoisotopic (exact) mass is 264 g/mol. The summed E-state index contributed by atoms with van der Waals surface area (Å²) in [6.07, 6.45) is 0.250. The highest BCUT2D eigenvalue weighted by molar-refractivity contribution is 5.98. The summed E-state index contributed by atoms with van der Waals surface area (Å²) in [5.41, 5.74) is 0.569. The lowest BCUT2D eigenvalue weighted by Crippen LogP contribution is -2.32. The van der Waals surface area contributed by atoms with E-state index in [1.165, 1.54) is 0 Å². The van der Waals surface area contributed by atoms with E-state index in [0.29, 0.717) is 10.6 Å². The van der Waals surface area contributed by atoms with E-state index < -0.39 is 29.8 Å². The van der Waals surface area contributed by atoms with Crippen LogP contribution in [0.2, 0.25) is 0 Å². The number of carboxylic acids is 1. The quantitative estimate of drug-likeness (QED) is 0.821. The Morgan fingerprint density at radius 3 is 2.63 bits per heavy atom. The summed E-state index contributed by atoms with van der Waals surface area (Å²) in [5.74, 6) is -3.75. The summed E-state index contributed by atoms with van der Waals surface area (Å²) in [7, 11) is 0. The maximum atomic E-state index is 11.9. The summed E-state index contributed by atoms with van der Waals surface area (Å²) in [6.45, 7) is -0.305. The number of rotatable bonds is 3. The molecule has 1 saturated heterocycles. The Labute approximate surface area is 108 Å². The van der Waals surface area contributed by atoms with Gasteiger partial charge in [-0.25, -0.2) is 9.69 Å². The van der Waals surface area contributed by atoms with Crippen LogP contribution in [0.1, 0.15) is 5.69 Å². The van der Waals surface area contributed by atoms with Gasteiger partial charge in [-0.3, -0.25) is 14.6 Å². The van der Waals surface area contributed by atoms with Crippen LogP contribution in [0.15, 0.2) is 24.4 Å². The fourth-order valence-corrected chi connectivity index (χ4v) is 2.18. The summed E-state index contributed by atoms with van der Waals surface area (Å²) < 4.78 is 0. The van der Waals surface area contributed by atoms with Crippen LogP contribution in [0.4, 0.5) is 4.79 Å². The molecule has 0 spiro atoms. The highest BCUT2D eigenvalue weighted by Gasteiger charge is 2.46. The standard InChI is InChI=1S/C12H12N2O5/c15-10-8(5-7-3-1-2-4-13-7)9(11(16)17)6-14(10)12(18)19/h1-4,8-9H,5-6H2,(H,16,17)(H,18,19)/t8-,9+/m1/s1. The van der Waals surface area contributed by atoms with Gasteiger partial charge in [0.05, 0.1) is 11.8 Å². The molecule has 1 aliphatic heterocycles. The Morgan fingerprint density at radius 2 is 2.11 bits per heavy atom. The lowest BCUT2D eigenvalue weighted by atomic mass is 9.91. The van der Waals surface area contributed by atoms with Crippen molar-refractivity contribution in [3.63, 3.8) is 0 Å². The average Bonchev–Trinajstić information content (AvgIpc) is 2.69. The third kappa shape index (κ3) is 2.54. The second-order valence-corrected chi connectivity index (χ2v) is 4.31. The number of pyridine rings is 1. The minimum Gasteiger partial charge on any atom is -0.481 e. The van der Waals surface area contributed by atoms with Crippen LogP contribution in [-0.4, -0.2) is 44.6 Å². The number of nitrogens with zero attached hydrogens (tertiary/aromatic N) is 2. The number of likely N-dealkylation sites (tertiary alicyclic amines) is 1. The largest absolute Gasteiger partial charge is 0.481 e. The van der Waals surface area contributed by atoms with Crippen LogP contribution in [0.25, 0.3) is 0 Å². The third-order valence-corrected chi connectivity index (χ3v) is 3.15. The van der Waals surface area contributed by atoms with Crippen LogP contribution < -0.4 is 0 Å². The molecule has 19 heavy (non-hydrogen) atoms. The maximum Gasteiger partial charge on any atom is 0.414 e. The predicted octanol–water partition coefficient (Wildman–Crippen LogP) is 0.461. The van der Waals surface area contributed by atoms with Crippen molar-refractivity contribution in [2.45, 2.75) is 6.42 Å². The van der Waals surface area contributed by atoms with E-state index in [1.807, 2.05) is 0 Å². The number of carbonyl (C=O) groups is 3. The van der Waals surface area contributed by atoms with Gasteiger partial charge in [-0.2, -0.15) is 0 Å². The molecule has 1 aromatic heterocycles. The number of aliphatic carboxylic acids is 1. The Bertz CT molecular complexity index is 516. The van der Waals surface area contributed by atoms with Gasteiger partial charge < -0.3 is 10.2 Å². The van der Waals surface area contributed by atoms with Crippen LogP contribution in [0.3, 0.4) is 0 Å². The number of carboxylic acid groups (broad SMARTS) is 2. The molecule has 2 atom stereocenters. The van der Waals surface area contributed by atoms with Gasteiger partial charge >= 0.3 is 12.1 Å². The van der Waals surface area contributed by atoms with E-state index in [1.54, 1.807) is 24.4 Å². The zero-order chi connectivity index (χ0) is 14.0. The van der Waals surface area contributed by atoms with Gasteiger partial charge in [0.15, 0.2) is 0 Å². The van der Waals surface area contributed by atoms with E-state index in [0.717, 1.165) is 0 Å². The first-order valence-electron chi connectivity index (χ1n) is 5.67. The molecule has 7 nitrogen and oxygen atoms in total. The molecule has 2 rings (SSSR count). The van der Waals surface area contributed by atoms with E-state index in [-0.39, 0.29) is 13.0 Å². The Kier molecular flexibility index (Phi) is 3.46. The lowest BCUT2D eigenvalue weighted by molar-refractivity contribution is -0.144. The smallest absolute Gasteiger partial charge is 0.414 e. The van der Waals surface area contributed by atoms with E-state index in [2.05, 4.69) is 4.98 Å². The molecule has 0 bridgehead atoms. The van der Waals surface area contributed by atoms with Crippen LogP contribution in [0.5, 0.6) is 0 Å². The molecule has 0 aromatic carbocycles. The first-order chi connectivity index (χ1) is 9.00. The van der Waals surface area contributed by atoms with Gasteiger partial charge in [0.2, 0.25) is 5.91 Å². The zero-order valence-electron chi connectivity index (χ0n) is 9.89. The minimum atomic E-state index is -1.42. The summed E-state index contributed by atoms with van der Waals surface area (Å²) >= 11 is 0. The van der Waals surface area contributed by atoms with Crippen molar-refractivity contribution in [1.82, 2.24) is 9.88 Å². The predicted molar refractivity (Wildman–Crippen MR) is 62.3 cm³/mol. The number of carbonyl (C=O) groups excluding carboxylic acids is 1. The minimum absolute atomic E-state index is 0.125. The van der Waals surface area contributed by atoms with Gasteiger partial charge in [0.1, 0.15) is 0 Å². The van der Waals surface area contributed by atoms with Crippen molar-refractivity contribution in [2.24, 2.45) is 11.8 Å². The Balaban J connectivity index is 2.23. The number of imide groups is 1. The Morgan fingerprint density at radius 1 is 1.37 bits per heavy atom. The van der Waals surface area contributed by atoms with Crippen LogP contribution in [-0.2, 0) is 16.0 Å². The molecule has 1 aromatic rings. The van der Waals surface area contributed by atoms with Crippen molar-refractivity contribution >= 4 is 18.0 Å². The number of aromatic nitrogens is 1. The molecular weight excluding hydrogens is 252 g/mol. The van der Waals surface area contributed by atoms with E-state index in [9.17, 15) is 14.4 Å². The van der Waals surface area contributed by atoms with Crippen LogP contribution in [0, 0.1) is 11.8 Å². The van der Waals surface area contributed by atoms with Gasteiger partial charge in [0, 0.05) is 24.9 Å². The highest BCUT2D eigenvalue weighted by Crippen LogP contribution is 2.28. The second-order valence-electron chi connectivity index (χ2n) is 4.31. The fraction of sp³-hybridized carbons (Fsp3) is 0.333. The van der Waals surface area contributed by atoms with Gasteiger partial charge in [0.25, 0.3) is 0 Å². The van der Waals surface area contributed by atoms with Crippen molar-refractivity contribution in [2.75, 3.05) is 6.54 Å². The molecule has 0 unspecified atom stereocenters. The SMILES string of the molecule is O=C(O)[C@H]1CN(C(=O)O)C(=O)[C@@H]1Cc1ccccn1. The molecule has 0 aliphatic carbocycles. The van der Waals surface area contributed by atoms with Crippen molar-refractivity contribution in [3.8, 4) is 0 Å². The van der Waals surface area contributed by atoms with E-state index in [4.69, 9.17) is 10.2 Å². The number of hydrogen-bond donors (Lipinski definition) is 2. The van der Waals surface area contributed by atoms with Crippen molar-refractivity contribution < 1.29 is 24.6 Å². The summed E-state index contributed by atoms with van der Waals surface area (Å²) in [4.78, 5) is 38.5. The number of hydrogen-bond acceptors (Lipinski definition) is 4. The van der Waals surface area contributed by atoms with E-state index >= 15 is 0 Å². The first kappa shape index (κ1) is 13.0. The molecule has 1 fully saturated rings. The molecule has 7 heteroatoms. The molecule has 2 amide bonds. The lowest BCUT2D eigenvalue weighted by Gasteiger charge is -2.11. The molecule has 1 aliphatic rings. The second kappa shape index (κ2) is 5.05. The maximum absolute atomic E-state index is 11.9. The zero-order valence-corrected chi connectivity index (χ0v) is 9.89. The molecule has 2 heterocycles. The summed E-state index contributed by atoms with van der Waals surface area (Å²) in [5, 5.41) is 18.0. The van der Waals surface area contributed by atoms with Crippen molar-refractivity contribution in [3.05, 3.63) is 30.1 Å². The highest BCUT2D eigenvalue weighted by atomic mass is 16.4. The van der Waals surface area contributed by atoms with Crippen molar-refractivity contribution in [1.29, 1.82) is 0 Å². The fourth-order valence-electron chi connectivity index (χ4n) is 2.18. The molecule has 0 radical (unpaired) electrons. The van der Waals surface area contributed by atoms with Gasteiger partial charge in [-0.1, -0.05) is 6.07 Å². The van der Waals surface area contributed by atoms with Crippen LogP contribution >= 0.6 is 0 Å². The number of amides is 2. The van der Waals surface area contributed by atoms with Gasteiger partial charge in [-0.05, 0) is 12.1 Å². The first-order valence-corrected chi connectivity index (χ1v) is 5.67. The average molecular weight is 264 g/mol. The molecule has 0 saturated carbocycles. The summed E-state index contributed by atoms with van der Waals surface area (Å²) in [6, 6.07) is 5.11. The molecular formula is C12H12N2O5.